The Kier molecular flexibility index (Phi) is 11.1. The maximum absolute atomic E-state index is 11.2. The zero-order valence-electron chi connectivity index (χ0n) is 20.4. The molecule has 2 aromatic carbocycles. The number of ether oxygens (including phenoxy) is 3. The van der Waals surface area contributed by atoms with Crippen LogP contribution in [0.5, 0.6) is 11.5 Å². The van der Waals surface area contributed by atoms with Gasteiger partial charge in [-0.2, -0.15) is 0 Å². The van der Waals surface area contributed by atoms with E-state index < -0.39 is 33.6 Å². The van der Waals surface area contributed by atoms with Gasteiger partial charge in [-0.05, 0) is 35.4 Å². The summed E-state index contributed by atoms with van der Waals surface area (Å²) in [7, 11) is -3.39. The normalized spacial score (nSPS) is 13.7. The molecular formula is C24H30Cl3NO7S. The van der Waals surface area contributed by atoms with Gasteiger partial charge in [-0.3, -0.25) is 4.79 Å². The van der Waals surface area contributed by atoms with Crippen LogP contribution in [0, 0.1) is 0 Å². The number of hydrogen-bond acceptors (Lipinski definition) is 7. The molecule has 12 heteroatoms. The van der Waals surface area contributed by atoms with Crippen molar-refractivity contribution in [3.8, 4) is 11.5 Å². The van der Waals surface area contributed by atoms with E-state index >= 15 is 0 Å². The predicted octanol–water partition coefficient (Wildman–Crippen LogP) is 4.16. The van der Waals surface area contributed by atoms with E-state index in [4.69, 9.17) is 49.0 Å². The molecule has 0 bridgehead atoms. The Labute approximate surface area is 226 Å². The molecule has 0 amide bonds. The number of halogens is 3. The number of aliphatic hydroxyl groups is 1. The van der Waals surface area contributed by atoms with Crippen LogP contribution in [0.25, 0.3) is 0 Å². The van der Waals surface area contributed by atoms with Crippen molar-refractivity contribution >= 4 is 50.8 Å². The lowest BCUT2D eigenvalue weighted by Crippen LogP contribution is -2.34. The van der Waals surface area contributed by atoms with Gasteiger partial charge in [0.2, 0.25) is 10.0 Å². The van der Waals surface area contributed by atoms with Crippen LogP contribution in [-0.2, 0) is 25.0 Å². The Bertz CT molecular complexity index is 1120. The van der Waals surface area contributed by atoms with Gasteiger partial charge < -0.3 is 19.3 Å². The van der Waals surface area contributed by atoms with Gasteiger partial charge in [0.05, 0.1) is 22.2 Å². The number of hydrogen-bond donors (Lipinski definition) is 2. The molecule has 8 nitrogen and oxygen atoms in total. The topological polar surface area (TPSA) is 111 Å². The minimum absolute atomic E-state index is 0.00569. The molecule has 2 rings (SSSR count). The molecule has 2 N–H and O–H groups in total. The van der Waals surface area contributed by atoms with Crippen molar-refractivity contribution in [2.75, 3.05) is 31.9 Å². The van der Waals surface area contributed by atoms with Crippen LogP contribution in [0.3, 0.4) is 0 Å². The fourth-order valence-electron chi connectivity index (χ4n) is 3.21. The van der Waals surface area contributed by atoms with E-state index in [9.17, 15) is 18.3 Å². The SMILES string of the molecule is CC(=O)O[C@H](CCl)COc1c(Cl)cc(C(C)(C)c2ccc(OC[C@@H](O)CNS(C)(=O)=O)cc2)cc1Cl. The molecule has 0 saturated carbocycles. The largest absolute Gasteiger partial charge is 0.491 e. The Morgan fingerprint density at radius 2 is 1.64 bits per heavy atom. The van der Waals surface area contributed by atoms with Crippen molar-refractivity contribution in [2.24, 2.45) is 0 Å². The van der Waals surface area contributed by atoms with Gasteiger partial charge in [0.1, 0.15) is 31.2 Å². The third-order valence-corrected chi connectivity index (χ3v) is 6.83. The molecule has 0 aromatic heterocycles. The van der Waals surface area contributed by atoms with Crippen LogP contribution in [0.2, 0.25) is 10.0 Å². The third-order valence-electron chi connectivity index (χ3n) is 5.24. The summed E-state index contributed by atoms with van der Waals surface area (Å²) < 4.78 is 40.8. The van der Waals surface area contributed by atoms with Crippen LogP contribution in [0.15, 0.2) is 36.4 Å². The van der Waals surface area contributed by atoms with Crippen LogP contribution < -0.4 is 14.2 Å². The average molecular weight is 583 g/mol. The van der Waals surface area contributed by atoms with Crippen LogP contribution in [-0.4, -0.2) is 63.6 Å². The number of benzene rings is 2. The number of sulfonamides is 1. The number of nitrogens with one attached hydrogen (secondary N) is 1. The fraction of sp³-hybridized carbons (Fsp3) is 0.458. The highest BCUT2D eigenvalue weighted by molar-refractivity contribution is 7.88. The second kappa shape index (κ2) is 13.2. The van der Waals surface area contributed by atoms with Crippen LogP contribution >= 0.6 is 34.8 Å². The highest BCUT2D eigenvalue weighted by Gasteiger charge is 2.26. The second-order valence-corrected chi connectivity index (χ2v) is 11.7. The zero-order chi connectivity index (χ0) is 27.1. The molecule has 2 aromatic rings. The molecule has 36 heavy (non-hydrogen) atoms. The molecule has 200 valence electrons. The molecule has 2 atom stereocenters. The smallest absolute Gasteiger partial charge is 0.303 e. The van der Waals surface area contributed by atoms with Crippen molar-refractivity contribution in [3.63, 3.8) is 0 Å². The van der Waals surface area contributed by atoms with Gasteiger partial charge >= 0.3 is 5.97 Å². The van der Waals surface area contributed by atoms with E-state index in [1.165, 1.54) is 6.92 Å². The summed E-state index contributed by atoms with van der Waals surface area (Å²) in [4.78, 5) is 11.2. The predicted molar refractivity (Wildman–Crippen MR) is 141 cm³/mol. The molecule has 0 aliphatic carbocycles. The van der Waals surface area contributed by atoms with E-state index in [-0.39, 0.29) is 31.4 Å². The lowest BCUT2D eigenvalue weighted by molar-refractivity contribution is -0.146. The standard InChI is InChI=1S/C24H30Cl3NO7S/c1-15(29)35-20(11-25)14-34-23-21(26)9-17(10-22(23)27)24(2,3)16-5-7-19(8-6-16)33-13-18(30)12-28-36(4,31)32/h5-10,18,20,28,30H,11-14H2,1-4H3/t18-,20+/m0/s1. The first-order valence-corrected chi connectivity index (χ1v) is 14.1. The van der Waals surface area contributed by atoms with Gasteiger partial charge in [0.15, 0.2) is 5.75 Å². The second-order valence-electron chi connectivity index (χ2n) is 8.70. The molecule has 0 fully saturated rings. The summed E-state index contributed by atoms with van der Waals surface area (Å²) in [5, 5.41) is 10.5. The van der Waals surface area contributed by atoms with Crippen molar-refractivity contribution < 1.29 is 32.5 Å². The highest BCUT2D eigenvalue weighted by Crippen LogP contribution is 2.40. The van der Waals surface area contributed by atoms with Crippen molar-refractivity contribution in [2.45, 2.75) is 38.4 Å². The molecular weight excluding hydrogens is 553 g/mol. The summed E-state index contributed by atoms with van der Waals surface area (Å²) in [5.74, 6) is 0.396. The molecule has 0 unspecified atom stereocenters. The summed E-state index contributed by atoms with van der Waals surface area (Å²) in [6.07, 6.45) is -0.607. The lowest BCUT2D eigenvalue weighted by Gasteiger charge is -2.27. The number of carbonyl (C=O) groups excluding carboxylic acids is 1. The maximum atomic E-state index is 11.2. The summed E-state index contributed by atoms with van der Waals surface area (Å²) >= 11 is 18.8. The lowest BCUT2D eigenvalue weighted by atomic mass is 9.78. The van der Waals surface area contributed by atoms with Crippen molar-refractivity contribution in [1.29, 1.82) is 0 Å². The Morgan fingerprint density at radius 1 is 1.06 bits per heavy atom. The summed E-state index contributed by atoms with van der Waals surface area (Å²) in [5.41, 5.74) is 1.31. The molecule has 0 spiro atoms. The van der Waals surface area contributed by atoms with E-state index in [1.54, 1.807) is 24.3 Å². The molecule has 0 aliphatic heterocycles. The Morgan fingerprint density at radius 3 is 2.14 bits per heavy atom. The zero-order valence-corrected chi connectivity index (χ0v) is 23.5. The third kappa shape index (κ3) is 9.28. The number of esters is 1. The number of alkyl halides is 1. The fourth-order valence-corrected chi connectivity index (χ4v) is 4.46. The van der Waals surface area contributed by atoms with E-state index in [2.05, 4.69) is 4.72 Å². The average Bonchev–Trinajstić information content (AvgIpc) is 2.79. The first-order chi connectivity index (χ1) is 16.7. The minimum atomic E-state index is -3.39. The van der Waals surface area contributed by atoms with E-state index in [1.807, 2.05) is 26.0 Å². The van der Waals surface area contributed by atoms with Crippen LogP contribution in [0.1, 0.15) is 31.9 Å². The first kappa shape index (κ1) is 30.5. The van der Waals surface area contributed by atoms with Crippen LogP contribution in [0.4, 0.5) is 0 Å². The summed E-state index contributed by atoms with van der Waals surface area (Å²) in [6.45, 7) is 5.11. The quantitative estimate of drug-likeness (QED) is 0.270. The molecule has 0 saturated heterocycles. The van der Waals surface area contributed by atoms with Gasteiger partial charge in [-0.15, -0.1) is 11.6 Å². The first-order valence-electron chi connectivity index (χ1n) is 10.9. The van der Waals surface area contributed by atoms with E-state index in [0.29, 0.717) is 15.8 Å². The van der Waals surface area contributed by atoms with Gasteiger partial charge in [-0.25, -0.2) is 13.1 Å². The highest BCUT2D eigenvalue weighted by atomic mass is 35.5. The number of aliphatic hydroxyl groups excluding tert-OH is 1. The molecule has 0 heterocycles. The van der Waals surface area contributed by atoms with Gasteiger partial charge in [0, 0.05) is 18.9 Å². The Balaban J connectivity index is 2.09. The number of carbonyl (C=O) groups is 1. The van der Waals surface area contributed by atoms with Crippen molar-refractivity contribution in [1.82, 2.24) is 4.72 Å². The molecule has 0 aliphatic rings. The molecule has 0 radical (unpaired) electrons. The van der Waals surface area contributed by atoms with E-state index in [0.717, 1.165) is 17.4 Å². The van der Waals surface area contributed by atoms with Crippen molar-refractivity contribution in [3.05, 3.63) is 57.6 Å². The maximum Gasteiger partial charge on any atom is 0.303 e. The van der Waals surface area contributed by atoms with Gasteiger partial charge in [-0.1, -0.05) is 49.2 Å². The Hall–Kier alpha value is -1.75. The number of rotatable bonds is 13. The monoisotopic (exact) mass is 581 g/mol. The summed E-state index contributed by atoms with van der Waals surface area (Å²) in [6, 6.07) is 10.8. The minimum Gasteiger partial charge on any atom is -0.491 e. The van der Waals surface area contributed by atoms with Gasteiger partial charge in [0.25, 0.3) is 0 Å².